The monoisotopic (exact) mass is 241 g/mol. The van der Waals surface area contributed by atoms with Crippen molar-refractivity contribution in [3.63, 3.8) is 0 Å². The summed E-state index contributed by atoms with van der Waals surface area (Å²) in [4.78, 5) is 4.27. The molecule has 0 atom stereocenters. The van der Waals surface area contributed by atoms with Gasteiger partial charge in [0.25, 0.3) is 5.89 Å². The second kappa shape index (κ2) is 4.03. The second-order valence-electron chi connectivity index (χ2n) is 3.97. The minimum atomic E-state index is 0.424. The zero-order valence-corrected chi connectivity index (χ0v) is 9.75. The molecule has 18 heavy (non-hydrogen) atoms. The van der Waals surface area contributed by atoms with Crippen molar-refractivity contribution in [1.29, 1.82) is 0 Å². The normalized spacial score (nSPS) is 10.7. The van der Waals surface area contributed by atoms with Crippen LogP contribution in [0.15, 0.2) is 45.5 Å². The summed E-state index contributed by atoms with van der Waals surface area (Å²) in [6.45, 7) is 1.95. The topological polar surface area (TPSA) is 78.1 Å². The Kier molecular flexibility index (Phi) is 2.37. The van der Waals surface area contributed by atoms with Crippen molar-refractivity contribution in [2.24, 2.45) is 0 Å². The molecule has 0 aliphatic heterocycles. The summed E-state index contributed by atoms with van der Waals surface area (Å²) < 4.78 is 10.4. The van der Waals surface area contributed by atoms with Crippen LogP contribution in [0, 0.1) is 6.92 Å². The maximum Gasteiger partial charge on any atom is 0.258 e. The number of nitrogens with two attached hydrogens (primary N) is 1. The van der Waals surface area contributed by atoms with Gasteiger partial charge >= 0.3 is 0 Å². The Bertz CT molecular complexity index is 671. The molecule has 1 aromatic carbocycles. The van der Waals surface area contributed by atoms with Gasteiger partial charge in [-0.2, -0.15) is 4.98 Å². The number of nitrogens with zero attached hydrogens (tertiary/aromatic N) is 2. The van der Waals surface area contributed by atoms with Gasteiger partial charge in [-0.3, -0.25) is 0 Å². The Balaban J connectivity index is 2.00. The van der Waals surface area contributed by atoms with Crippen molar-refractivity contribution in [2.75, 3.05) is 5.73 Å². The molecule has 0 unspecified atom stereocenters. The Morgan fingerprint density at radius 3 is 2.83 bits per heavy atom. The lowest BCUT2D eigenvalue weighted by atomic mass is 10.1. The predicted molar refractivity (Wildman–Crippen MR) is 66.6 cm³/mol. The van der Waals surface area contributed by atoms with E-state index in [1.165, 1.54) is 0 Å². The van der Waals surface area contributed by atoms with Crippen molar-refractivity contribution in [2.45, 2.75) is 6.92 Å². The van der Waals surface area contributed by atoms with Crippen LogP contribution in [0.25, 0.3) is 23.0 Å². The molecule has 2 N–H and O–H groups in total. The van der Waals surface area contributed by atoms with Crippen LogP contribution in [0.3, 0.4) is 0 Å². The van der Waals surface area contributed by atoms with E-state index in [0.29, 0.717) is 23.2 Å². The highest BCUT2D eigenvalue weighted by molar-refractivity contribution is 5.63. The molecule has 0 aliphatic carbocycles. The average molecular weight is 241 g/mol. The fourth-order valence-electron chi connectivity index (χ4n) is 1.62. The van der Waals surface area contributed by atoms with E-state index in [2.05, 4.69) is 10.1 Å². The molecular weight excluding hydrogens is 230 g/mol. The van der Waals surface area contributed by atoms with E-state index >= 15 is 0 Å². The Labute approximate surface area is 103 Å². The SMILES string of the molecule is Cc1ccc(-c2nc(-c3ccco3)no2)cc1N. The summed E-state index contributed by atoms with van der Waals surface area (Å²) in [6.07, 6.45) is 1.56. The van der Waals surface area contributed by atoms with Gasteiger partial charge in [0.05, 0.1) is 6.26 Å². The number of aromatic nitrogens is 2. The van der Waals surface area contributed by atoms with Crippen molar-refractivity contribution < 1.29 is 8.94 Å². The molecular formula is C13H11N3O2. The van der Waals surface area contributed by atoms with Crippen LogP contribution < -0.4 is 5.73 Å². The van der Waals surface area contributed by atoms with Gasteiger partial charge in [-0.25, -0.2) is 0 Å². The first-order valence-corrected chi connectivity index (χ1v) is 5.48. The first-order chi connectivity index (χ1) is 8.74. The lowest BCUT2D eigenvalue weighted by Crippen LogP contribution is -1.89. The van der Waals surface area contributed by atoms with Crippen molar-refractivity contribution in [1.82, 2.24) is 10.1 Å². The molecule has 3 aromatic rings. The zero-order valence-electron chi connectivity index (χ0n) is 9.75. The van der Waals surface area contributed by atoms with Crippen molar-refractivity contribution >= 4 is 5.69 Å². The molecule has 0 radical (unpaired) electrons. The number of benzene rings is 1. The first-order valence-electron chi connectivity index (χ1n) is 5.48. The van der Waals surface area contributed by atoms with E-state index in [9.17, 15) is 0 Å². The summed E-state index contributed by atoms with van der Waals surface area (Å²) in [7, 11) is 0. The molecule has 5 nitrogen and oxygen atoms in total. The zero-order chi connectivity index (χ0) is 12.5. The van der Waals surface area contributed by atoms with E-state index in [4.69, 9.17) is 14.7 Å². The Morgan fingerprint density at radius 2 is 2.11 bits per heavy atom. The van der Waals surface area contributed by atoms with Crippen LogP contribution in [0.2, 0.25) is 0 Å². The van der Waals surface area contributed by atoms with Gasteiger partial charge in [0.2, 0.25) is 5.82 Å². The summed E-state index contributed by atoms with van der Waals surface area (Å²) in [5.41, 5.74) is 8.36. The predicted octanol–water partition coefficient (Wildman–Crippen LogP) is 2.89. The summed E-state index contributed by atoms with van der Waals surface area (Å²) in [5, 5.41) is 3.87. The van der Waals surface area contributed by atoms with Gasteiger partial charge in [0, 0.05) is 11.3 Å². The number of hydrogen-bond acceptors (Lipinski definition) is 5. The maximum absolute atomic E-state index is 5.85. The van der Waals surface area contributed by atoms with E-state index in [0.717, 1.165) is 11.1 Å². The molecule has 2 aromatic heterocycles. The minimum absolute atomic E-state index is 0.424. The van der Waals surface area contributed by atoms with Gasteiger partial charge in [-0.05, 0) is 36.8 Å². The molecule has 0 saturated carbocycles. The first kappa shape index (κ1) is 10.6. The molecule has 0 amide bonds. The number of aryl methyl sites for hydroxylation is 1. The molecule has 3 rings (SSSR count). The van der Waals surface area contributed by atoms with E-state index in [-0.39, 0.29) is 0 Å². The van der Waals surface area contributed by atoms with Crippen LogP contribution in [0.4, 0.5) is 5.69 Å². The molecule has 2 heterocycles. The highest BCUT2D eigenvalue weighted by Crippen LogP contribution is 2.25. The fourth-order valence-corrected chi connectivity index (χ4v) is 1.62. The number of anilines is 1. The number of hydrogen-bond donors (Lipinski definition) is 1. The Hall–Kier alpha value is -2.56. The van der Waals surface area contributed by atoms with E-state index < -0.39 is 0 Å². The van der Waals surface area contributed by atoms with Crippen LogP contribution in [0.5, 0.6) is 0 Å². The molecule has 90 valence electrons. The summed E-state index contributed by atoms with van der Waals surface area (Å²) in [6, 6.07) is 9.18. The molecule has 0 spiro atoms. The standard InChI is InChI=1S/C13H11N3O2/c1-8-4-5-9(7-10(8)14)13-15-12(16-18-13)11-3-2-6-17-11/h2-7H,14H2,1H3. The molecule has 0 aliphatic rings. The average Bonchev–Trinajstić information content (AvgIpc) is 3.01. The van der Waals surface area contributed by atoms with Crippen molar-refractivity contribution in [3.8, 4) is 23.0 Å². The van der Waals surface area contributed by atoms with E-state index in [1.807, 2.05) is 25.1 Å². The van der Waals surface area contributed by atoms with Crippen LogP contribution in [-0.2, 0) is 0 Å². The van der Waals surface area contributed by atoms with Crippen molar-refractivity contribution in [3.05, 3.63) is 42.2 Å². The van der Waals surface area contributed by atoms with Crippen LogP contribution in [-0.4, -0.2) is 10.1 Å². The third-order valence-corrected chi connectivity index (χ3v) is 2.69. The minimum Gasteiger partial charge on any atom is -0.461 e. The van der Waals surface area contributed by atoms with Gasteiger partial charge in [0.1, 0.15) is 0 Å². The number of nitrogen functional groups attached to an aromatic ring is 1. The largest absolute Gasteiger partial charge is 0.461 e. The molecule has 0 fully saturated rings. The van der Waals surface area contributed by atoms with Gasteiger partial charge in [-0.1, -0.05) is 11.2 Å². The summed E-state index contributed by atoms with van der Waals surface area (Å²) in [5.74, 6) is 1.42. The molecule has 5 heteroatoms. The lowest BCUT2D eigenvalue weighted by Gasteiger charge is -2.00. The van der Waals surface area contributed by atoms with Crippen LogP contribution in [0.1, 0.15) is 5.56 Å². The molecule has 0 saturated heterocycles. The van der Waals surface area contributed by atoms with Gasteiger partial charge < -0.3 is 14.7 Å². The maximum atomic E-state index is 5.85. The Morgan fingerprint density at radius 1 is 1.22 bits per heavy atom. The van der Waals surface area contributed by atoms with Crippen LogP contribution >= 0.6 is 0 Å². The van der Waals surface area contributed by atoms with Gasteiger partial charge in [-0.15, -0.1) is 0 Å². The summed E-state index contributed by atoms with van der Waals surface area (Å²) >= 11 is 0. The fraction of sp³-hybridized carbons (Fsp3) is 0.0769. The second-order valence-corrected chi connectivity index (χ2v) is 3.97. The number of furan rings is 1. The highest BCUT2D eigenvalue weighted by atomic mass is 16.5. The number of rotatable bonds is 2. The highest BCUT2D eigenvalue weighted by Gasteiger charge is 2.12. The molecule has 0 bridgehead atoms. The smallest absolute Gasteiger partial charge is 0.258 e. The lowest BCUT2D eigenvalue weighted by molar-refractivity contribution is 0.429. The quantitative estimate of drug-likeness (QED) is 0.698. The van der Waals surface area contributed by atoms with E-state index in [1.54, 1.807) is 18.4 Å². The third kappa shape index (κ3) is 1.75. The third-order valence-electron chi connectivity index (χ3n) is 2.69. The van der Waals surface area contributed by atoms with Gasteiger partial charge in [0.15, 0.2) is 5.76 Å².